The van der Waals surface area contributed by atoms with E-state index in [1.165, 1.54) is 19.3 Å². The second-order valence-electron chi connectivity index (χ2n) is 8.09. The summed E-state index contributed by atoms with van der Waals surface area (Å²) in [6, 6.07) is 0. The highest BCUT2D eigenvalue weighted by Gasteiger charge is 2.57. The largest absolute Gasteiger partial charge is 0.457 e. The molecule has 0 saturated heterocycles. The molecule has 2 nitrogen and oxygen atoms in total. The lowest BCUT2D eigenvalue weighted by Crippen LogP contribution is -2.58. The van der Waals surface area contributed by atoms with Crippen molar-refractivity contribution in [3.8, 4) is 0 Å². The zero-order chi connectivity index (χ0) is 13.8. The van der Waals surface area contributed by atoms with Crippen LogP contribution in [-0.2, 0) is 4.65 Å². The molecule has 3 heteroatoms. The molecule has 0 heterocycles. The molecule has 4 fully saturated rings. The summed E-state index contributed by atoms with van der Waals surface area (Å²) in [7, 11) is -0.523. The van der Waals surface area contributed by atoms with Gasteiger partial charge in [-0.1, -0.05) is 47.0 Å². The minimum atomic E-state index is -0.523. The van der Waals surface area contributed by atoms with Gasteiger partial charge in [-0.05, 0) is 47.7 Å². The van der Waals surface area contributed by atoms with Gasteiger partial charge in [-0.2, -0.15) is 0 Å². The standard InChI is InChI=1S/C16H29BO2/c1-10-6-5-7-14(10)17(18)19-15-9-12-8-13(11(15)2)16(12,3)4/h10-15,18H,5-9H2,1-4H3/t10?,11-,12+,13-,14?,15?/m0/s1. The zero-order valence-electron chi connectivity index (χ0n) is 12.9. The predicted molar refractivity (Wildman–Crippen MR) is 78.8 cm³/mol. The fourth-order valence-corrected chi connectivity index (χ4v) is 5.16. The Labute approximate surface area is 118 Å². The average molecular weight is 264 g/mol. The Morgan fingerprint density at radius 1 is 1.16 bits per heavy atom. The van der Waals surface area contributed by atoms with E-state index < -0.39 is 7.12 Å². The molecule has 0 aromatic carbocycles. The molecule has 0 amide bonds. The van der Waals surface area contributed by atoms with Crippen molar-refractivity contribution in [1.82, 2.24) is 0 Å². The van der Waals surface area contributed by atoms with E-state index in [0.29, 0.717) is 29.2 Å². The third-order valence-corrected chi connectivity index (χ3v) is 6.89. The van der Waals surface area contributed by atoms with Gasteiger partial charge in [-0.25, -0.2) is 0 Å². The Kier molecular flexibility index (Phi) is 3.50. The topological polar surface area (TPSA) is 29.5 Å². The van der Waals surface area contributed by atoms with Crippen molar-refractivity contribution in [2.45, 2.75) is 71.7 Å². The molecule has 4 aliphatic rings. The fourth-order valence-electron chi connectivity index (χ4n) is 5.16. The van der Waals surface area contributed by atoms with Gasteiger partial charge >= 0.3 is 7.12 Å². The molecule has 2 bridgehead atoms. The monoisotopic (exact) mass is 264 g/mol. The summed E-state index contributed by atoms with van der Waals surface area (Å²) in [5.41, 5.74) is 0.505. The van der Waals surface area contributed by atoms with E-state index in [9.17, 15) is 5.02 Å². The van der Waals surface area contributed by atoms with Crippen LogP contribution < -0.4 is 0 Å². The van der Waals surface area contributed by atoms with Crippen LogP contribution in [0.5, 0.6) is 0 Å². The van der Waals surface area contributed by atoms with E-state index in [4.69, 9.17) is 4.65 Å². The number of hydrogen-bond donors (Lipinski definition) is 1. The fraction of sp³-hybridized carbons (Fsp3) is 1.00. The summed E-state index contributed by atoms with van der Waals surface area (Å²) in [4.78, 5) is 0. The van der Waals surface area contributed by atoms with Crippen LogP contribution in [-0.4, -0.2) is 18.2 Å². The maximum absolute atomic E-state index is 10.4. The van der Waals surface area contributed by atoms with E-state index in [2.05, 4.69) is 27.7 Å². The summed E-state index contributed by atoms with van der Waals surface area (Å²) in [6.45, 7) is 9.41. The van der Waals surface area contributed by atoms with Gasteiger partial charge in [0.15, 0.2) is 0 Å². The Bertz CT molecular complexity index is 344. The molecule has 0 aromatic rings. The minimum absolute atomic E-state index is 0.291. The van der Waals surface area contributed by atoms with Gasteiger partial charge in [0.05, 0.1) is 0 Å². The van der Waals surface area contributed by atoms with Crippen molar-refractivity contribution < 1.29 is 9.68 Å². The van der Waals surface area contributed by atoms with E-state index in [1.807, 2.05) is 0 Å². The molecule has 4 rings (SSSR count). The summed E-state index contributed by atoms with van der Waals surface area (Å²) in [6.07, 6.45) is 6.47. The Balaban J connectivity index is 1.59. The Hall–Kier alpha value is -0.0151. The molecule has 6 atom stereocenters. The van der Waals surface area contributed by atoms with Gasteiger partial charge in [-0.15, -0.1) is 0 Å². The van der Waals surface area contributed by atoms with Gasteiger partial charge in [-0.3, -0.25) is 0 Å². The van der Waals surface area contributed by atoms with Crippen molar-refractivity contribution >= 4 is 7.12 Å². The van der Waals surface area contributed by atoms with Crippen LogP contribution in [0, 0.1) is 29.1 Å². The average Bonchev–Trinajstić information content (AvgIpc) is 2.77. The minimum Gasteiger partial charge on any atom is -0.427 e. The molecule has 1 N–H and O–H groups in total. The van der Waals surface area contributed by atoms with Crippen molar-refractivity contribution in [3.05, 3.63) is 0 Å². The van der Waals surface area contributed by atoms with Crippen LogP contribution in [0.2, 0.25) is 5.82 Å². The predicted octanol–water partition coefficient (Wildman–Crippen LogP) is 3.74. The molecule has 108 valence electrons. The zero-order valence-corrected chi connectivity index (χ0v) is 12.9. The molecule has 0 radical (unpaired) electrons. The lowest BCUT2D eigenvalue weighted by Gasteiger charge is -2.62. The maximum Gasteiger partial charge on any atom is 0.457 e. The van der Waals surface area contributed by atoms with Crippen LogP contribution >= 0.6 is 0 Å². The Morgan fingerprint density at radius 3 is 2.42 bits per heavy atom. The molecule has 4 aliphatic carbocycles. The number of hydrogen-bond acceptors (Lipinski definition) is 2. The third-order valence-electron chi connectivity index (χ3n) is 6.89. The molecule has 0 aliphatic heterocycles. The van der Waals surface area contributed by atoms with E-state index in [0.717, 1.165) is 24.7 Å². The highest BCUT2D eigenvalue weighted by molar-refractivity contribution is 6.45. The van der Waals surface area contributed by atoms with Gasteiger partial charge in [0.25, 0.3) is 0 Å². The van der Waals surface area contributed by atoms with Crippen molar-refractivity contribution in [2.75, 3.05) is 0 Å². The summed E-state index contributed by atoms with van der Waals surface area (Å²) in [5.74, 6) is 3.21. The third kappa shape index (κ3) is 2.17. The second-order valence-corrected chi connectivity index (χ2v) is 8.09. The summed E-state index contributed by atoms with van der Waals surface area (Å²) in [5, 5.41) is 10.4. The Morgan fingerprint density at radius 2 is 1.89 bits per heavy atom. The molecular weight excluding hydrogens is 235 g/mol. The summed E-state index contributed by atoms with van der Waals surface area (Å²) < 4.78 is 6.11. The van der Waals surface area contributed by atoms with Gasteiger partial charge in [0.2, 0.25) is 0 Å². The molecule has 4 saturated carbocycles. The molecular formula is C16H29BO2. The van der Waals surface area contributed by atoms with Crippen molar-refractivity contribution in [3.63, 3.8) is 0 Å². The lowest BCUT2D eigenvalue weighted by molar-refractivity contribution is -0.151. The second kappa shape index (κ2) is 4.77. The molecule has 19 heavy (non-hydrogen) atoms. The first-order valence-electron chi connectivity index (χ1n) is 8.24. The maximum atomic E-state index is 10.4. The van der Waals surface area contributed by atoms with Gasteiger partial charge in [0, 0.05) is 6.10 Å². The van der Waals surface area contributed by atoms with Crippen LogP contribution in [0.3, 0.4) is 0 Å². The quantitative estimate of drug-likeness (QED) is 0.787. The first kappa shape index (κ1) is 13.9. The van der Waals surface area contributed by atoms with Crippen LogP contribution in [0.1, 0.15) is 59.8 Å². The normalized spacial score (nSPS) is 47.8. The highest BCUT2D eigenvalue weighted by Crippen LogP contribution is 2.61. The molecule has 3 unspecified atom stereocenters. The van der Waals surface area contributed by atoms with Crippen LogP contribution in [0.15, 0.2) is 0 Å². The van der Waals surface area contributed by atoms with Crippen molar-refractivity contribution in [2.24, 2.45) is 29.1 Å². The van der Waals surface area contributed by atoms with Crippen LogP contribution in [0.4, 0.5) is 0 Å². The van der Waals surface area contributed by atoms with Gasteiger partial charge < -0.3 is 9.68 Å². The van der Waals surface area contributed by atoms with E-state index in [-0.39, 0.29) is 0 Å². The number of fused-ring (bicyclic) bond motifs is 2. The van der Waals surface area contributed by atoms with Crippen molar-refractivity contribution in [1.29, 1.82) is 0 Å². The number of rotatable bonds is 3. The molecule has 0 spiro atoms. The molecule has 0 aromatic heterocycles. The van der Waals surface area contributed by atoms with E-state index in [1.54, 1.807) is 0 Å². The van der Waals surface area contributed by atoms with Crippen LogP contribution in [0.25, 0.3) is 0 Å². The SMILES string of the molecule is CC1CCCC1B(O)OC1C[C@H]2C[C@@H]([C@@H]1C)C2(C)C. The summed E-state index contributed by atoms with van der Waals surface area (Å²) >= 11 is 0. The smallest absolute Gasteiger partial charge is 0.427 e. The first-order chi connectivity index (χ1) is 8.91. The van der Waals surface area contributed by atoms with Gasteiger partial charge in [0.1, 0.15) is 0 Å². The lowest BCUT2D eigenvalue weighted by atomic mass is 9.45. The first-order valence-corrected chi connectivity index (χ1v) is 8.24. The highest BCUT2D eigenvalue weighted by atomic mass is 16.5. The van der Waals surface area contributed by atoms with E-state index >= 15 is 0 Å².